The summed E-state index contributed by atoms with van der Waals surface area (Å²) in [5.41, 5.74) is 0.464. The van der Waals surface area contributed by atoms with Crippen LogP contribution in [-0.4, -0.2) is 42.0 Å². The Morgan fingerprint density at radius 3 is 3.25 bits per heavy atom. The number of furan rings is 1. The molecule has 0 aromatic carbocycles. The summed E-state index contributed by atoms with van der Waals surface area (Å²) in [6.07, 6.45) is 3.97. The van der Waals surface area contributed by atoms with E-state index in [1.807, 2.05) is 0 Å². The Hall–Kier alpha value is -1.58. The van der Waals surface area contributed by atoms with Crippen LogP contribution in [0.3, 0.4) is 0 Å². The average molecular weight is 369 g/mol. The van der Waals surface area contributed by atoms with Crippen molar-refractivity contribution in [3.8, 4) is 0 Å². The van der Waals surface area contributed by atoms with E-state index in [1.54, 1.807) is 13.0 Å². The van der Waals surface area contributed by atoms with E-state index in [0.29, 0.717) is 23.7 Å². The summed E-state index contributed by atoms with van der Waals surface area (Å²) in [4.78, 5) is 11.8. The number of ether oxygens (including phenoxy) is 2. The first-order valence-electron chi connectivity index (χ1n) is 7.81. The molecule has 7 nitrogen and oxygen atoms in total. The number of anilines is 1. The van der Waals surface area contributed by atoms with Crippen LogP contribution in [0.2, 0.25) is 0 Å². The molecule has 1 N–H and O–H groups in total. The van der Waals surface area contributed by atoms with Crippen LogP contribution >= 0.6 is 23.1 Å². The molecule has 1 fully saturated rings. The van der Waals surface area contributed by atoms with Gasteiger partial charge in [0.2, 0.25) is 5.13 Å². The summed E-state index contributed by atoms with van der Waals surface area (Å²) in [7, 11) is 0. The summed E-state index contributed by atoms with van der Waals surface area (Å²) in [5.74, 6) is 0.724. The number of rotatable bonds is 8. The van der Waals surface area contributed by atoms with Gasteiger partial charge in [-0.2, -0.15) is 0 Å². The van der Waals surface area contributed by atoms with Gasteiger partial charge < -0.3 is 19.2 Å². The molecule has 1 aliphatic rings. The van der Waals surface area contributed by atoms with E-state index in [9.17, 15) is 4.79 Å². The van der Waals surface area contributed by atoms with Gasteiger partial charge in [0.05, 0.1) is 24.7 Å². The van der Waals surface area contributed by atoms with Crippen LogP contribution in [0.4, 0.5) is 5.13 Å². The van der Waals surface area contributed by atoms with E-state index in [4.69, 9.17) is 13.9 Å². The third kappa shape index (κ3) is 4.49. The lowest BCUT2D eigenvalue weighted by molar-refractivity contribution is 0.0524. The topological polar surface area (TPSA) is 86.5 Å². The van der Waals surface area contributed by atoms with Gasteiger partial charge in [-0.15, -0.1) is 10.2 Å². The molecule has 1 atom stereocenters. The average Bonchev–Trinajstić information content (AvgIpc) is 3.32. The van der Waals surface area contributed by atoms with Crippen molar-refractivity contribution in [2.75, 3.05) is 25.1 Å². The molecule has 0 saturated carbocycles. The van der Waals surface area contributed by atoms with Crippen molar-refractivity contribution in [1.82, 2.24) is 10.2 Å². The van der Waals surface area contributed by atoms with Crippen molar-refractivity contribution < 1.29 is 18.7 Å². The van der Waals surface area contributed by atoms with Crippen LogP contribution in [0.1, 0.15) is 35.9 Å². The van der Waals surface area contributed by atoms with E-state index < -0.39 is 0 Å². The summed E-state index contributed by atoms with van der Waals surface area (Å²) in [6.45, 7) is 3.71. The summed E-state index contributed by atoms with van der Waals surface area (Å²) in [5, 5.41) is 12.3. The minimum atomic E-state index is -0.363. The Balaban J connectivity index is 1.50. The minimum absolute atomic E-state index is 0.264. The van der Waals surface area contributed by atoms with Gasteiger partial charge in [0, 0.05) is 13.2 Å². The Bertz CT molecular complexity index is 667. The lowest BCUT2D eigenvalue weighted by Gasteiger charge is -2.08. The monoisotopic (exact) mass is 369 g/mol. The predicted molar refractivity (Wildman–Crippen MR) is 91.6 cm³/mol. The van der Waals surface area contributed by atoms with Crippen LogP contribution in [0.25, 0.3) is 0 Å². The standard InChI is InChI=1S/C15H19N3O4S2/c1-2-20-13(19)11-5-7-22-12(11)9-23-15-18-17-14(24-15)16-8-10-4-3-6-21-10/h5,7,10H,2-4,6,8-9H2,1H3,(H,16,17). The highest BCUT2D eigenvalue weighted by atomic mass is 32.2. The molecule has 130 valence electrons. The first-order valence-corrected chi connectivity index (χ1v) is 9.61. The Morgan fingerprint density at radius 2 is 2.46 bits per heavy atom. The van der Waals surface area contributed by atoms with Crippen LogP contribution in [0, 0.1) is 0 Å². The van der Waals surface area contributed by atoms with Crippen molar-refractivity contribution in [1.29, 1.82) is 0 Å². The van der Waals surface area contributed by atoms with Crippen molar-refractivity contribution >= 4 is 34.2 Å². The van der Waals surface area contributed by atoms with Gasteiger partial charge in [-0.3, -0.25) is 0 Å². The van der Waals surface area contributed by atoms with Crippen molar-refractivity contribution in [3.63, 3.8) is 0 Å². The molecule has 0 radical (unpaired) electrons. The lowest BCUT2D eigenvalue weighted by atomic mass is 10.2. The zero-order chi connectivity index (χ0) is 16.8. The van der Waals surface area contributed by atoms with Crippen molar-refractivity contribution in [2.24, 2.45) is 0 Å². The van der Waals surface area contributed by atoms with Gasteiger partial charge in [-0.1, -0.05) is 23.1 Å². The lowest BCUT2D eigenvalue weighted by Crippen LogP contribution is -2.18. The van der Waals surface area contributed by atoms with Gasteiger partial charge >= 0.3 is 5.97 Å². The van der Waals surface area contributed by atoms with E-state index in [1.165, 1.54) is 29.4 Å². The second-order valence-electron chi connectivity index (χ2n) is 5.16. The zero-order valence-corrected chi connectivity index (χ0v) is 15.0. The number of nitrogens with one attached hydrogen (secondary N) is 1. The Labute approximate surface area is 148 Å². The molecule has 0 spiro atoms. The minimum Gasteiger partial charge on any atom is -0.468 e. The highest BCUT2D eigenvalue weighted by Crippen LogP contribution is 2.30. The Kier molecular flexibility index (Phi) is 6.11. The van der Waals surface area contributed by atoms with Gasteiger partial charge in [0.25, 0.3) is 0 Å². The van der Waals surface area contributed by atoms with E-state index in [0.717, 1.165) is 35.5 Å². The van der Waals surface area contributed by atoms with E-state index in [-0.39, 0.29) is 12.1 Å². The molecule has 2 aromatic rings. The second kappa shape index (κ2) is 8.50. The fourth-order valence-corrected chi connectivity index (χ4v) is 4.03. The fourth-order valence-electron chi connectivity index (χ4n) is 2.32. The van der Waals surface area contributed by atoms with Gasteiger partial charge in [0.1, 0.15) is 11.3 Å². The van der Waals surface area contributed by atoms with Crippen molar-refractivity contribution in [2.45, 2.75) is 36.0 Å². The fraction of sp³-hybridized carbons (Fsp3) is 0.533. The molecule has 0 aliphatic carbocycles. The van der Waals surface area contributed by atoms with Gasteiger partial charge in [-0.25, -0.2) is 4.79 Å². The molecular formula is C15H19N3O4S2. The number of nitrogens with zero attached hydrogens (tertiary/aromatic N) is 2. The first kappa shape index (κ1) is 17.2. The first-order chi connectivity index (χ1) is 11.8. The summed E-state index contributed by atoms with van der Waals surface area (Å²) >= 11 is 2.96. The third-order valence-corrected chi connectivity index (χ3v) is 5.49. The number of esters is 1. The highest BCUT2D eigenvalue weighted by molar-refractivity contribution is 8.00. The van der Waals surface area contributed by atoms with E-state index in [2.05, 4.69) is 15.5 Å². The van der Waals surface area contributed by atoms with Crippen molar-refractivity contribution in [3.05, 3.63) is 23.7 Å². The summed E-state index contributed by atoms with van der Waals surface area (Å²) < 4.78 is 16.8. The Morgan fingerprint density at radius 1 is 1.54 bits per heavy atom. The van der Waals surface area contributed by atoms with Crippen LogP contribution in [0.15, 0.2) is 21.1 Å². The quantitative estimate of drug-likeness (QED) is 0.561. The number of hydrogen-bond acceptors (Lipinski definition) is 9. The maximum atomic E-state index is 11.8. The maximum Gasteiger partial charge on any atom is 0.341 e. The molecule has 0 amide bonds. The van der Waals surface area contributed by atoms with Crippen LogP contribution < -0.4 is 5.32 Å². The molecule has 1 saturated heterocycles. The number of aromatic nitrogens is 2. The second-order valence-corrected chi connectivity index (χ2v) is 7.36. The SMILES string of the molecule is CCOC(=O)c1ccoc1CSc1nnc(NCC2CCCO2)s1. The molecule has 9 heteroatoms. The normalized spacial score (nSPS) is 17.1. The maximum absolute atomic E-state index is 11.8. The number of carbonyl (C=O) groups is 1. The molecule has 2 aromatic heterocycles. The molecule has 0 bridgehead atoms. The predicted octanol–water partition coefficient (Wildman–Crippen LogP) is 3.19. The molecule has 1 aliphatic heterocycles. The van der Waals surface area contributed by atoms with Crippen LogP contribution in [0.5, 0.6) is 0 Å². The van der Waals surface area contributed by atoms with Gasteiger partial charge in [0.15, 0.2) is 4.34 Å². The molecular weight excluding hydrogens is 350 g/mol. The molecule has 3 rings (SSSR count). The number of hydrogen-bond donors (Lipinski definition) is 1. The highest BCUT2D eigenvalue weighted by Gasteiger charge is 2.18. The molecule has 1 unspecified atom stereocenters. The number of thioether (sulfide) groups is 1. The summed E-state index contributed by atoms with van der Waals surface area (Å²) in [6, 6.07) is 1.63. The third-order valence-electron chi connectivity index (χ3n) is 3.48. The van der Waals surface area contributed by atoms with Crippen LogP contribution in [-0.2, 0) is 15.2 Å². The molecule has 3 heterocycles. The van der Waals surface area contributed by atoms with E-state index >= 15 is 0 Å². The largest absolute Gasteiger partial charge is 0.468 e. The zero-order valence-electron chi connectivity index (χ0n) is 13.3. The molecule has 24 heavy (non-hydrogen) atoms. The van der Waals surface area contributed by atoms with Gasteiger partial charge in [-0.05, 0) is 25.8 Å². The number of carbonyl (C=O) groups excluding carboxylic acids is 1. The smallest absolute Gasteiger partial charge is 0.341 e.